The quantitative estimate of drug-likeness (QED) is 0.226. The number of hydrogen-bond acceptors (Lipinski definition) is 3. The van der Waals surface area contributed by atoms with Gasteiger partial charge in [-0.15, -0.1) is 24.0 Å². The molecule has 0 atom stereocenters. The number of aliphatic imine (C=N–C) groups is 1. The molecule has 0 aromatic rings. The number of sulfonamides is 1. The molecule has 0 aliphatic heterocycles. The van der Waals surface area contributed by atoms with E-state index in [1.807, 2.05) is 6.92 Å². The van der Waals surface area contributed by atoms with Crippen LogP contribution in [0.5, 0.6) is 0 Å². The van der Waals surface area contributed by atoms with E-state index >= 15 is 0 Å². The van der Waals surface area contributed by atoms with E-state index in [2.05, 4.69) is 34.2 Å². The lowest BCUT2D eigenvalue weighted by Crippen LogP contribution is -2.41. The second kappa shape index (κ2) is 12.6. The molecule has 0 aromatic carbocycles. The van der Waals surface area contributed by atoms with Crippen LogP contribution < -0.4 is 15.4 Å². The van der Waals surface area contributed by atoms with E-state index in [4.69, 9.17) is 0 Å². The number of nitrogens with zero attached hydrogens (tertiary/aromatic N) is 1. The zero-order valence-corrected chi connectivity index (χ0v) is 16.0. The van der Waals surface area contributed by atoms with Crippen LogP contribution in [-0.4, -0.2) is 46.8 Å². The summed E-state index contributed by atoms with van der Waals surface area (Å²) < 4.78 is 24.3. The van der Waals surface area contributed by atoms with Crippen LogP contribution in [0.3, 0.4) is 0 Å². The molecule has 0 saturated carbocycles. The highest BCUT2D eigenvalue weighted by Crippen LogP contribution is 2.06. The van der Waals surface area contributed by atoms with Crippen LogP contribution in [0.1, 0.15) is 33.6 Å². The number of guanidine groups is 1. The standard InChI is InChI=1S/C12H28N4O2S.HI/c1-5-11(6-2)10-15-12(13-7-3)14-8-9-16-19(4,17)18;/h11,16H,5-10H2,1-4H3,(H2,13,14,15);1H. The summed E-state index contributed by atoms with van der Waals surface area (Å²) in [6.45, 7) is 8.79. The maximum Gasteiger partial charge on any atom is 0.208 e. The second-order valence-electron chi connectivity index (χ2n) is 4.50. The topological polar surface area (TPSA) is 82.6 Å². The van der Waals surface area contributed by atoms with Crippen LogP contribution in [0, 0.1) is 5.92 Å². The SMILES string of the molecule is CCNC(=NCC(CC)CC)NCCNS(C)(=O)=O.I. The molecular weight excluding hydrogens is 391 g/mol. The van der Waals surface area contributed by atoms with Crippen LogP contribution in [0.4, 0.5) is 0 Å². The minimum atomic E-state index is -3.12. The van der Waals surface area contributed by atoms with E-state index in [-0.39, 0.29) is 24.0 Å². The maximum atomic E-state index is 10.9. The van der Waals surface area contributed by atoms with Crippen molar-refractivity contribution < 1.29 is 8.42 Å². The van der Waals surface area contributed by atoms with Crippen LogP contribution in [0.25, 0.3) is 0 Å². The Kier molecular flexibility index (Phi) is 14.0. The Balaban J connectivity index is 0. The Labute approximate surface area is 140 Å². The lowest BCUT2D eigenvalue weighted by atomic mass is 10.0. The molecule has 8 heteroatoms. The third kappa shape index (κ3) is 12.9. The van der Waals surface area contributed by atoms with E-state index in [0.717, 1.165) is 38.1 Å². The van der Waals surface area contributed by atoms with Gasteiger partial charge in [0.15, 0.2) is 5.96 Å². The molecule has 0 amide bonds. The summed E-state index contributed by atoms with van der Waals surface area (Å²) in [5.74, 6) is 1.34. The van der Waals surface area contributed by atoms with Gasteiger partial charge in [0, 0.05) is 26.2 Å². The van der Waals surface area contributed by atoms with Crippen molar-refractivity contribution in [1.82, 2.24) is 15.4 Å². The van der Waals surface area contributed by atoms with E-state index in [1.54, 1.807) is 0 Å². The Bertz CT molecular complexity index is 356. The summed E-state index contributed by atoms with van der Waals surface area (Å²) in [6, 6.07) is 0. The number of halogens is 1. The minimum Gasteiger partial charge on any atom is -0.357 e. The molecule has 0 heterocycles. The molecule has 0 fully saturated rings. The summed E-state index contributed by atoms with van der Waals surface area (Å²) >= 11 is 0. The molecule has 6 nitrogen and oxygen atoms in total. The first-order chi connectivity index (χ1) is 8.92. The Hall–Kier alpha value is -0.0900. The second-order valence-corrected chi connectivity index (χ2v) is 6.33. The van der Waals surface area contributed by atoms with Gasteiger partial charge in [0.25, 0.3) is 0 Å². The van der Waals surface area contributed by atoms with Crippen molar-refractivity contribution in [2.24, 2.45) is 10.9 Å². The fraction of sp³-hybridized carbons (Fsp3) is 0.917. The van der Waals surface area contributed by atoms with Gasteiger partial charge in [-0.25, -0.2) is 13.1 Å². The van der Waals surface area contributed by atoms with Gasteiger partial charge < -0.3 is 10.6 Å². The largest absolute Gasteiger partial charge is 0.357 e. The molecule has 0 unspecified atom stereocenters. The van der Waals surface area contributed by atoms with Crippen molar-refractivity contribution >= 4 is 40.0 Å². The van der Waals surface area contributed by atoms with Crippen molar-refractivity contribution in [3.05, 3.63) is 0 Å². The molecular formula is C12H29IN4O2S. The van der Waals surface area contributed by atoms with Crippen molar-refractivity contribution in [2.75, 3.05) is 32.4 Å². The number of rotatable bonds is 9. The number of nitrogens with one attached hydrogen (secondary N) is 3. The maximum absolute atomic E-state index is 10.9. The fourth-order valence-electron chi connectivity index (χ4n) is 1.53. The van der Waals surface area contributed by atoms with Gasteiger partial charge in [-0.2, -0.15) is 0 Å². The monoisotopic (exact) mass is 420 g/mol. The van der Waals surface area contributed by atoms with Gasteiger partial charge in [-0.05, 0) is 12.8 Å². The lowest BCUT2D eigenvalue weighted by Gasteiger charge is -2.14. The van der Waals surface area contributed by atoms with E-state index in [9.17, 15) is 8.42 Å². The van der Waals surface area contributed by atoms with Gasteiger partial charge in [0.05, 0.1) is 6.26 Å². The minimum absolute atomic E-state index is 0. The highest BCUT2D eigenvalue weighted by molar-refractivity contribution is 14.0. The molecule has 122 valence electrons. The predicted molar refractivity (Wildman–Crippen MR) is 96.3 cm³/mol. The molecule has 0 rings (SSSR count). The van der Waals surface area contributed by atoms with Crippen molar-refractivity contribution in [3.63, 3.8) is 0 Å². The van der Waals surface area contributed by atoms with Crippen LogP contribution in [0.15, 0.2) is 4.99 Å². The molecule has 0 aliphatic carbocycles. The van der Waals surface area contributed by atoms with Crippen molar-refractivity contribution in [3.8, 4) is 0 Å². The molecule has 0 spiro atoms. The van der Waals surface area contributed by atoms with Crippen molar-refractivity contribution in [2.45, 2.75) is 33.6 Å². The van der Waals surface area contributed by atoms with Gasteiger partial charge in [0.1, 0.15) is 0 Å². The third-order valence-electron chi connectivity index (χ3n) is 2.79. The number of hydrogen-bond donors (Lipinski definition) is 3. The zero-order chi connectivity index (χ0) is 14.7. The van der Waals surface area contributed by atoms with E-state index in [1.165, 1.54) is 0 Å². The first-order valence-corrected chi connectivity index (χ1v) is 8.78. The molecule has 0 bridgehead atoms. The van der Waals surface area contributed by atoms with Gasteiger partial charge in [0.2, 0.25) is 10.0 Å². The van der Waals surface area contributed by atoms with E-state index < -0.39 is 10.0 Å². The fourth-order valence-corrected chi connectivity index (χ4v) is 2.00. The normalized spacial score (nSPS) is 12.2. The molecule has 0 radical (unpaired) electrons. The van der Waals surface area contributed by atoms with Gasteiger partial charge in [-0.1, -0.05) is 26.7 Å². The Morgan fingerprint density at radius 1 is 1.10 bits per heavy atom. The third-order valence-corrected chi connectivity index (χ3v) is 3.52. The molecule has 3 N–H and O–H groups in total. The first kappa shape index (κ1) is 22.2. The molecule has 0 aromatic heterocycles. The van der Waals surface area contributed by atoms with Crippen LogP contribution in [-0.2, 0) is 10.0 Å². The zero-order valence-electron chi connectivity index (χ0n) is 12.9. The highest BCUT2D eigenvalue weighted by atomic mass is 127. The van der Waals surface area contributed by atoms with Gasteiger partial charge >= 0.3 is 0 Å². The predicted octanol–water partition coefficient (Wildman–Crippen LogP) is 1.14. The Morgan fingerprint density at radius 3 is 2.15 bits per heavy atom. The molecule has 20 heavy (non-hydrogen) atoms. The van der Waals surface area contributed by atoms with Crippen molar-refractivity contribution in [1.29, 1.82) is 0 Å². The summed E-state index contributed by atoms with van der Waals surface area (Å²) in [4.78, 5) is 4.51. The average Bonchev–Trinajstić information content (AvgIpc) is 2.34. The summed E-state index contributed by atoms with van der Waals surface area (Å²) in [5.41, 5.74) is 0. The first-order valence-electron chi connectivity index (χ1n) is 6.89. The van der Waals surface area contributed by atoms with Gasteiger partial charge in [-0.3, -0.25) is 4.99 Å². The summed E-state index contributed by atoms with van der Waals surface area (Å²) in [5, 5.41) is 6.25. The van der Waals surface area contributed by atoms with E-state index in [0.29, 0.717) is 19.0 Å². The molecule has 0 aliphatic rings. The Morgan fingerprint density at radius 2 is 1.70 bits per heavy atom. The highest BCUT2D eigenvalue weighted by Gasteiger charge is 2.04. The summed E-state index contributed by atoms with van der Waals surface area (Å²) in [7, 11) is -3.12. The average molecular weight is 420 g/mol. The van der Waals surface area contributed by atoms with Crippen LogP contribution >= 0.6 is 24.0 Å². The summed E-state index contributed by atoms with van der Waals surface area (Å²) in [6.07, 6.45) is 3.39. The molecule has 0 saturated heterocycles. The smallest absolute Gasteiger partial charge is 0.208 e. The van der Waals surface area contributed by atoms with Crippen LogP contribution in [0.2, 0.25) is 0 Å². The lowest BCUT2D eigenvalue weighted by molar-refractivity contribution is 0.504.